The van der Waals surface area contributed by atoms with Gasteiger partial charge in [0.1, 0.15) is 0 Å². The largest absolute Gasteiger partial charge is 0.462 e. The molecular weight excluding hydrogens is 574 g/mol. The molecular formula is C44H81NO2. The lowest BCUT2D eigenvalue weighted by Gasteiger charge is -2.34. The van der Waals surface area contributed by atoms with Crippen molar-refractivity contribution in [2.75, 3.05) is 27.2 Å². The number of unbranched alkanes of at least 4 members (excludes halogenated alkanes) is 18. The van der Waals surface area contributed by atoms with Crippen LogP contribution in [-0.2, 0) is 9.47 Å². The second-order valence-corrected chi connectivity index (χ2v) is 15.1. The maximum atomic E-state index is 6.71. The average Bonchev–Trinajstić information content (AvgIpc) is 3.46. The van der Waals surface area contributed by atoms with Crippen LogP contribution in [0.5, 0.6) is 0 Å². The summed E-state index contributed by atoms with van der Waals surface area (Å²) in [6, 6.07) is 0. The van der Waals surface area contributed by atoms with Crippen molar-refractivity contribution in [2.45, 2.75) is 199 Å². The van der Waals surface area contributed by atoms with Crippen LogP contribution in [0.25, 0.3) is 0 Å². The molecule has 47 heavy (non-hydrogen) atoms. The van der Waals surface area contributed by atoms with E-state index in [9.17, 15) is 0 Å². The van der Waals surface area contributed by atoms with E-state index in [0.717, 1.165) is 49.7 Å². The molecule has 0 N–H and O–H groups in total. The summed E-state index contributed by atoms with van der Waals surface area (Å²) in [5.74, 6) is -0.340. The molecule has 274 valence electrons. The Morgan fingerprint density at radius 2 is 0.936 bits per heavy atom. The second-order valence-electron chi connectivity index (χ2n) is 15.1. The number of hydrogen-bond donors (Lipinski definition) is 0. The highest BCUT2D eigenvalue weighted by atomic mass is 16.7. The minimum atomic E-state index is -0.340. The smallest absolute Gasteiger partial charge is 0.168 e. The van der Waals surface area contributed by atoms with Crippen LogP contribution in [0.15, 0.2) is 48.6 Å². The maximum absolute atomic E-state index is 6.71. The number of quaternary nitrogens is 1. The quantitative estimate of drug-likeness (QED) is 0.0303. The molecule has 1 atom stereocenters. The molecule has 0 radical (unpaired) electrons. The van der Waals surface area contributed by atoms with Crippen molar-refractivity contribution in [2.24, 2.45) is 0 Å². The Kier molecular flexibility index (Phi) is 28.8. The summed E-state index contributed by atoms with van der Waals surface area (Å²) in [7, 11) is 8.57. The highest BCUT2D eigenvalue weighted by Gasteiger charge is 2.40. The molecule has 0 aliphatic carbocycles. The third-order valence-electron chi connectivity index (χ3n) is 9.49. The number of hydrogen-bond acceptors (Lipinski definition) is 2. The van der Waals surface area contributed by atoms with Crippen molar-refractivity contribution in [3.05, 3.63) is 55.7 Å². The Bertz CT molecular complexity index is 741. The van der Waals surface area contributed by atoms with Gasteiger partial charge in [0.2, 0.25) is 0 Å². The normalized spacial score (nSPS) is 17.1. The van der Waals surface area contributed by atoms with Crippen LogP contribution in [0.1, 0.15) is 187 Å². The Morgan fingerprint density at radius 1 is 0.553 bits per heavy atom. The van der Waals surface area contributed by atoms with E-state index in [1.807, 2.05) is 0 Å². The first-order chi connectivity index (χ1) is 22.9. The summed E-state index contributed by atoms with van der Waals surface area (Å²) >= 11 is 0. The van der Waals surface area contributed by atoms with Gasteiger partial charge in [0, 0.05) is 33.4 Å². The van der Waals surface area contributed by atoms with Gasteiger partial charge in [-0.3, -0.25) is 0 Å². The van der Waals surface area contributed by atoms with E-state index in [4.69, 9.17) is 9.47 Å². The number of allylic oxidation sites excluding steroid dienone is 8. The molecule has 0 aromatic heterocycles. The van der Waals surface area contributed by atoms with Gasteiger partial charge >= 0.3 is 0 Å². The van der Waals surface area contributed by atoms with Crippen molar-refractivity contribution in [1.82, 2.24) is 0 Å². The number of rotatable bonds is 33. The first kappa shape index (κ1) is 43.9. The van der Waals surface area contributed by atoms with Crippen molar-refractivity contribution in [3.63, 3.8) is 0 Å². The Labute approximate surface area is 295 Å². The van der Waals surface area contributed by atoms with Crippen LogP contribution in [-0.4, -0.2) is 43.6 Å². The van der Waals surface area contributed by atoms with Crippen LogP contribution in [0.3, 0.4) is 0 Å². The van der Waals surface area contributed by atoms with Crippen LogP contribution in [0.2, 0.25) is 0 Å². The van der Waals surface area contributed by atoms with Crippen LogP contribution in [0.4, 0.5) is 0 Å². The zero-order chi connectivity index (χ0) is 34.2. The van der Waals surface area contributed by atoms with Crippen LogP contribution < -0.4 is 0 Å². The molecule has 3 nitrogen and oxygen atoms in total. The molecule has 1 saturated heterocycles. The molecule has 0 amide bonds. The molecule has 1 aliphatic heterocycles. The van der Waals surface area contributed by atoms with E-state index in [-0.39, 0.29) is 11.9 Å². The highest BCUT2D eigenvalue weighted by Crippen LogP contribution is 2.36. The van der Waals surface area contributed by atoms with E-state index in [2.05, 4.69) is 83.6 Å². The van der Waals surface area contributed by atoms with Gasteiger partial charge < -0.3 is 14.0 Å². The maximum Gasteiger partial charge on any atom is 0.168 e. The van der Waals surface area contributed by atoms with Gasteiger partial charge in [-0.05, 0) is 77.0 Å². The molecule has 1 unspecified atom stereocenters. The van der Waals surface area contributed by atoms with Gasteiger partial charge in [-0.15, -0.1) is 7.05 Å². The lowest BCUT2D eigenvalue weighted by Crippen LogP contribution is -2.36. The third kappa shape index (κ3) is 28.4. The van der Waals surface area contributed by atoms with Gasteiger partial charge in [0.05, 0.1) is 19.3 Å². The molecule has 0 bridgehead atoms. The molecule has 1 rings (SSSR count). The average molecular weight is 656 g/mol. The topological polar surface area (TPSA) is 18.5 Å². The third-order valence-corrected chi connectivity index (χ3v) is 9.49. The number of nitrogens with zero attached hydrogens (tertiary/aromatic N) is 1. The minimum absolute atomic E-state index is 0.225. The fourth-order valence-corrected chi connectivity index (χ4v) is 6.40. The zero-order valence-electron chi connectivity index (χ0n) is 32.2. The second kappa shape index (κ2) is 30.9. The van der Waals surface area contributed by atoms with E-state index >= 15 is 0 Å². The first-order valence-electron chi connectivity index (χ1n) is 20.5. The van der Waals surface area contributed by atoms with Crippen molar-refractivity contribution < 1.29 is 14.0 Å². The number of ether oxygens (including phenoxy) is 2. The zero-order valence-corrected chi connectivity index (χ0v) is 32.2. The van der Waals surface area contributed by atoms with Crippen LogP contribution >= 0.6 is 0 Å². The van der Waals surface area contributed by atoms with E-state index in [1.165, 1.54) is 141 Å². The van der Waals surface area contributed by atoms with Crippen molar-refractivity contribution in [1.29, 1.82) is 0 Å². The fourth-order valence-electron chi connectivity index (χ4n) is 6.40. The highest BCUT2D eigenvalue weighted by molar-refractivity contribution is 4.93. The predicted octanol–water partition coefficient (Wildman–Crippen LogP) is 13.8. The monoisotopic (exact) mass is 656 g/mol. The van der Waals surface area contributed by atoms with Crippen LogP contribution in [0, 0.1) is 7.05 Å². The SMILES string of the molecule is [CH2-][N+](C)(C)CCC1COC(CCCCCCCC/C=C\C/C=C\CCCCC)(CCCCCCCC/C=C\C/C=C\CCCCC)O1. The van der Waals surface area contributed by atoms with Gasteiger partial charge in [-0.25, -0.2) is 0 Å². The van der Waals surface area contributed by atoms with E-state index in [0.29, 0.717) is 0 Å². The lowest BCUT2D eigenvalue weighted by atomic mass is 9.98. The molecule has 0 spiro atoms. The van der Waals surface area contributed by atoms with Gasteiger partial charge in [-0.1, -0.05) is 140 Å². The molecule has 0 saturated carbocycles. The fraction of sp³-hybridized carbons (Fsp3) is 0.795. The summed E-state index contributed by atoms with van der Waals surface area (Å²) in [5, 5.41) is 0. The summed E-state index contributed by atoms with van der Waals surface area (Å²) in [4.78, 5) is 0. The standard InChI is InChI=1S/C44H81NO2/c1-6-8-10-12-14-16-18-20-22-24-26-28-30-32-34-36-39-44(46-42-43(47-44)38-41-45(3,4)5)40-37-35-33-31-29-27-25-23-21-19-17-15-13-11-9-7-2/h14-17,20-23,43H,3,6-13,18-19,24-42H2,1-2,4-5H3/b16-14-,17-15-,22-20-,23-21-. The molecule has 1 fully saturated rings. The summed E-state index contributed by atoms with van der Waals surface area (Å²) in [6.45, 7) is 6.32. The lowest BCUT2D eigenvalue weighted by molar-refractivity contribution is -0.846. The van der Waals surface area contributed by atoms with E-state index < -0.39 is 0 Å². The Hall–Kier alpha value is -1.16. The molecule has 1 heterocycles. The first-order valence-corrected chi connectivity index (χ1v) is 20.5. The summed E-state index contributed by atoms with van der Waals surface area (Å²) in [5.41, 5.74) is 0. The molecule has 0 aromatic carbocycles. The van der Waals surface area contributed by atoms with E-state index in [1.54, 1.807) is 0 Å². The minimum Gasteiger partial charge on any atom is -0.462 e. The Morgan fingerprint density at radius 3 is 1.34 bits per heavy atom. The van der Waals surface area contributed by atoms with Crippen molar-refractivity contribution in [3.8, 4) is 0 Å². The predicted molar refractivity (Wildman–Crippen MR) is 208 cm³/mol. The van der Waals surface area contributed by atoms with Gasteiger partial charge in [0.15, 0.2) is 5.79 Å². The molecule has 3 heteroatoms. The molecule has 1 aliphatic rings. The summed E-state index contributed by atoms with van der Waals surface area (Å²) < 4.78 is 13.9. The molecule has 0 aromatic rings. The summed E-state index contributed by atoms with van der Waals surface area (Å²) in [6.07, 6.45) is 53.1. The van der Waals surface area contributed by atoms with Gasteiger partial charge in [0.25, 0.3) is 0 Å². The Balaban J connectivity index is 2.20. The van der Waals surface area contributed by atoms with Crippen molar-refractivity contribution >= 4 is 0 Å². The van der Waals surface area contributed by atoms with Gasteiger partial charge in [-0.2, -0.15) is 0 Å².